The minimum Gasteiger partial charge on any atom is -0.691 e. The minimum absolute atomic E-state index is 0.0492. The Bertz CT molecular complexity index is 479. The number of esters is 2. The van der Waals surface area contributed by atoms with E-state index in [0.717, 1.165) is 6.92 Å². The molecule has 2 unspecified atom stereocenters. The quantitative estimate of drug-likeness (QED) is 0.150. The summed E-state index contributed by atoms with van der Waals surface area (Å²) in [5.41, 5.74) is 0. The zero-order chi connectivity index (χ0) is 22.6. The molecule has 10 nitrogen and oxygen atoms in total. The molecule has 0 aromatic carbocycles. The van der Waals surface area contributed by atoms with E-state index in [9.17, 15) is 42.1 Å². The van der Waals surface area contributed by atoms with Gasteiger partial charge in [-0.1, -0.05) is 0 Å². The summed E-state index contributed by atoms with van der Waals surface area (Å²) in [5.74, 6) is -3.34. The predicted octanol–water partition coefficient (Wildman–Crippen LogP) is 1.14. The third kappa shape index (κ3) is 10.6. The van der Waals surface area contributed by atoms with Gasteiger partial charge in [0.25, 0.3) is 5.00 Å². The first-order chi connectivity index (χ1) is 12.7. The van der Waals surface area contributed by atoms with Crippen molar-refractivity contribution in [1.29, 1.82) is 0 Å². The average Bonchev–Trinajstić information content (AvgIpc) is 2.57. The van der Waals surface area contributed by atoms with Gasteiger partial charge in [0, 0.05) is 0 Å². The lowest BCUT2D eigenvalue weighted by Gasteiger charge is -2.24. The number of rotatable bonds is 10. The van der Waals surface area contributed by atoms with Crippen molar-refractivity contribution in [2.45, 2.75) is 50.0 Å². The summed E-state index contributed by atoms with van der Waals surface area (Å²) in [5, 5.41) is 17.1. The maximum absolute atomic E-state index is 13.3. The smallest absolute Gasteiger partial charge is 0.446 e. The zero-order valence-electron chi connectivity index (χ0n) is 14.6. The molecule has 28 heavy (non-hydrogen) atoms. The first kappa shape index (κ1) is 29.3. The number of carbonyl (C=O) groups is 2. The van der Waals surface area contributed by atoms with Crippen LogP contribution in [-0.4, -0.2) is 40.8 Å². The largest absolute Gasteiger partial charge is 0.691 e. The van der Waals surface area contributed by atoms with Gasteiger partial charge in [-0.3, -0.25) is 10.1 Å². The van der Waals surface area contributed by atoms with Crippen LogP contribution >= 0.6 is 24.1 Å². The molecule has 17 heteroatoms. The monoisotopic (exact) mass is 466 g/mol. The highest BCUT2D eigenvalue weighted by molar-refractivity contribution is 7.96. The fourth-order valence-electron chi connectivity index (χ4n) is 0.919. The Labute approximate surface area is 163 Å². The van der Waals surface area contributed by atoms with E-state index in [2.05, 4.69) is 28.2 Å². The van der Waals surface area contributed by atoms with E-state index in [-0.39, 0.29) is 18.6 Å². The first-order valence-electron chi connectivity index (χ1n) is 6.81. The summed E-state index contributed by atoms with van der Waals surface area (Å²) in [6.45, 7) is 4.93. The van der Waals surface area contributed by atoms with Gasteiger partial charge in [-0.15, -0.1) is 0 Å². The van der Waals surface area contributed by atoms with Gasteiger partial charge in [-0.05, 0) is 27.7 Å². The summed E-state index contributed by atoms with van der Waals surface area (Å²) < 4.78 is 78.1. The fourth-order valence-corrected chi connectivity index (χ4v) is 1.53. The number of halogens is 5. The van der Waals surface area contributed by atoms with Crippen molar-refractivity contribution in [3.05, 3.63) is 0 Å². The van der Waals surface area contributed by atoms with E-state index in [1.165, 1.54) is 20.8 Å². The molecular weight excluding hydrogens is 451 g/mol. The molecule has 168 valence electrons. The molecule has 2 atom stereocenters. The normalized spacial score (nSPS) is 15.7. The summed E-state index contributed by atoms with van der Waals surface area (Å²) in [6.07, 6.45) is -6.57. The molecule has 0 heterocycles. The Morgan fingerprint density at radius 3 is 1.79 bits per heavy atom. The predicted molar refractivity (Wildman–Crippen MR) is 76.8 cm³/mol. The molecule has 0 aromatic heterocycles. The molecule has 0 bridgehead atoms. The third-order valence-corrected chi connectivity index (χ3v) is 3.36. The van der Waals surface area contributed by atoms with Gasteiger partial charge in [0.1, 0.15) is 0 Å². The van der Waals surface area contributed by atoms with Crippen LogP contribution in [0.2, 0.25) is 0 Å². The molecule has 0 saturated carbocycles. The number of hydrogen-bond donors (Lipinski definition) is 0. The van der Waals surface area contributed by atoms with Crippen molar-refractivity contribution in [2.75, 3.05) is 6.61 Å². The lowest BCUT2D eigenvalue weighted by atomic mass is 10.3. The van der Waals surface area contributed by atoms with Crippen LogP contribution in [0.1, 0.15) is 27.7 Å². The number of carbonyl (C=O) groups excluding carboxylic acids is 2. The van der Waals surface area contributed by atoms with E-state index in [1.54, 1.807) is 0 Å². The summed E-state index contributed by atoms with van der Waals surface area (Å²) in [4.78, 5) is 21.6. The SMILES string of the molecule is CC(C)OC(=O)C(F)(SOO[O-])C(F)(F)F.CCOC(=O)C(C)(F)SOO[O-]. The van der Waals surface area contributed by atoms with E-state index < -0.39 is 46.3 Å². The van der Waals surface area contributed by atoms with Gasteiger partial charge < -0.3 is 20.0 Å². The molecule has 0 N–H and O–H groups in total. The summed E-state index contributed by atoms with van der Waals surface area (Å²) in [6, 6.07) is 0. The Balaban J connectivity index is 0. The highest BCUT2D eigenvalue weighted by Crippen LogP contribution is 2.44. The molecule has 0 spiro atoms. The van der Waals surface area contributed by atoms with Gasteiger partial charge in [0.15, 0.2) is 0 Å². The molecule has 0 rings (SSSR count). The van der Waals surface area contributed by atoms with E-state index in [4.69, 9.17) is 0 Å². The second-order valence-electron chi connectivity index (χ2n) is 4.62. The van der Waals surface area contributed by atoms with Gasteiger partial charge in [-0.2, -0.15) is 21.8 Å². The molecule has 0 saturated heterocycles. The van der Waals surface area contributed by atoms with Crippen LogP contribution in [0.25, 0.3) is 0 Å². The van der Waals surface area contributed by atoms with Crippen LogP contribution in [-0.2, 0) is 37.8 Å². The maximum atomic E-state index is 13.3. The zero-order valence-corrected chi connectivity index (χ0v) is 16.2. The molecule has 0 aliphatic rings. The van der Waals surface area contributed by atoms with E-state index in [1.807, 2.05) is 0 Å². The topological polar surface area (TPSA) is 136 Å². The Kier molecular flexibility index (Phi) is 13.9. The molecular formula is C11H15F5O10S2-2. The van der Waals surface area contributed by atoms with Crippen molar-refractivity contribution in [3.8, 4) is 0 Å². The van der Waals surface area contributed by atoms with Crippen LogP contribution in [0.3, 0.4) is 0 Å². The average molecular weight is 466 g/mol. The molecule has 0 radical (unpaired) electrons. The molecule has 0 aliphatic carbocycles. The second kappa shape index (κ2) is 13.3. The standard InChI is InChI=1S/C6H8F4O5S.C5H9FO5S/c1-3(2)13-4(11)5(7,6(8,9)10)16-15-14-12;1-3-9-4(7)5(2,6)12-11-10-8/h3,12H,1-2H3;8H,3H2,1-2H3/p-2. The van der Waals surface area contributed by atoms with E-state index >= 15 is 0 Å². The minimum atomic E-state index is -5.61. The first-order valence-corrected chi connectivity index (χ1v) is 8.29. The molecule has 0 fully saturated rings. The van der Waals surface area contributed by atoms with Crippen molar-refractivity contribution < 1.29 is 70.3 Å². The number of ether oxygens (including phenoxy) is 2. The summed E-state index contributed by atoms with van der Waals surface area (Å²) in [7, 11) is 0. The highest BCUT2D eigenvalue weighted by Gasteiger charge is 2.66. The van der Waals surface area contributed by atoms with Crippen LogP contribution in [0.5, 0.6) is 0 Å². The van der Waals surface area contributed by atoms with Crippen molar-refractivity contribution >= 4 is 36.0 Å². The fraction of sp³-hybridized carbons (Fsp3) is 0.818. The second-order valence-corrected chi connectivity index (χ2v) is 6.56. The van der Waals surface area contributed by atoms with Gasteiger partial charge >= 0.3 is 23.1 Å². The van der Waals surface area contributed by atoms with Crippen molar-refractivity contribution in [1.82, 2.24) is 0 Å². The molecule has 0 aliphatic heterocycles. The molecule has 0 aromatic rings. The van der Waals surface area contributed by atoms with Gasteiger partial charge in [0.2, 0.25) is 0 Å². The van der Waals surface area contributed by atoms with Crippen LogP contribution in [0.15, 0.2) is 0 Å². The van der Waals surface area contributed by atoms with Gasteiger partial charge in [0.05, 0.1) is 36.8 Å². The highest BCUT2D eigenvalue weighted by atomic mass is 32.2. The van der Waals surface area contributed by atoms with E-state index in [0.29, 0.717) is 0 Å². The van der Waals surface area contributed by atoms with Crippen molar-refractivity contribution in [2.24, 2.45) is 0 Å². The van der Waals surface area contributed by atoms with Crippen LogP contribution < -0.4 is 10.5 Å². The maximum Gasteiger partial charge on any atom is 0.446 e. The lowest BCUT2D eigenvalue weighted by Crippen LogP contribution is -2.47. The lowest BCUT2D eigenvalue weighted by molar-refractivity contribution is -0.777. The number of hydrogen-bond acceptors (Lipinski definition) is 12. The van der Waals surface area contributed by atoms with Crippen LogP contribution in [0.4, 0.5) is 22.0 Å². The number of alkyl halides is 5. The van der Waals surface area contributed by atoms with Gasteiger partial charge in [-0.25, -0.2) is 18.4 Å². The Morgan fingerprint density at radius 2 is 1.43 bits per heavy atom. The Hall–Kier alpha value is -0.950. The molecule has 0 amide bonds. The van der Waals surface area contributed by atoms with Crippen molar-refractivity contribution in [3.63, 3.8) is 0 Å². The summed E-state index contributed by atoms with van der Waals surface area (Å²) >= 11 is -1.17. The Morgan fingerprint density at radius 1 is 0.964 bits per heavy atom. The van der Waals surface area contributed by atoms with Crippen LogP contribution in [0, 0.1) is 0 Å². The third-order valence-electron chi connectivity index (χ3n) is 2.00.